The summed E-state index contributed by atoms with van der Waals surface area (Å²) in [5.74, 6) is 0.603. The summed E-state index contributed by atoms with van der Waals surface area (Å²) in [4.78, 5) is 27.7. The van der Waals surface area contributed by atoms with E-state index < -0.39 is 0 Å². The lowest BCUT2D eigenvalue weighted by molar-refractivity contribution is -0.130. The zero-order valence-electron chi connectivity index (χ0n) is 11.2. The minimum Gasteiger partial charge on any atom is -0.339 e. The molecule has 1 aliphatic rings. The van der Waals surface area contributed by atoms with Crippen molar-refractivity contribution in [2.24, 2.45) is 0 Å². The Hall–Kier alpha value is -2.03. The smallest absolute Gasteiger partial charge is 0.284 e. The normalized spacial score (nSPS) is 15.9. The summed E-state index contributed by atoms with van der Waals surface area (Å²) in [5.41, 5.74) is 0. The van der Waals surface area contributed by atoms with Gasteiger partial charge >= 0.3 is 0 Å². The van der Waals surface area contributed by atoms with Crippen LogP contribution in [0.3, 0.4) is 0 Å². The maximum absolute atomic E-state index is 12.4. The van der Waals surface area contributed by atoms with Gasteiger partial charge in [0.15, 0.2) is 5.82 Å². The van der Waals surface area contributed by atoms with Gasteiger partial charge in [-0.15, -0.1) is 15.3 Å². The first-order chi connectivity index (χ1) is 9.56. The quantitative estimate of drug-likeness (QED) is 0.727. The lowest BCUT2D eigenvalue weighted by Crippen LogP contribution is -2.50. The maximum atomic E-state index is 12.4. The van der Waals surface area contributed by atoms with Crippen molar-refractivity contribution >= 4 is 28.1 Å². The second-order valence-electron chi connectivity index (χ2n) is 4.65. The third-order valence-corrected chi connectivity index (χ3v) is 4.23. The molecule has 3 heterocycles. The molecule has 0 saturated carbocycles. The van der Waals surface area contributed by atoms with Crippen LogP contribution in [-0.2, 0) is 4.79 Å². The Morgan fingerprint density at radius 2 is 1.75 bits per heavy atom. The second-order valence-corrected chi connectivity index (χ2v) is 5.60. The van der Waals surface area contributed by atoms with Gasteiger partial charge in [-0.2, -0.15) is 4.52 Å². The highest BCUT2D eigenvalue weighted by molar-refractivity contribution is 7.18. The average molecular weight is 294 g/mol. The van der Waals surface area contributed by atoms with Gasteiger partial charge in [0.2, 0.25) is 15.9 Å². The molecule has 1 aliphatic heterocycles. The molecule has 0 spiro atoms. The van der Waals surface area contributed by atoms with Crippen molar-refractivity contribution in [3.63, 3.8) is 0 Å². The first-order valence-electron chi connectivity index (χ1n) is 6.30. The van der Waals surface area contributed by atoms with Crippen molar-refractivity contribution in [2.75, 3.05) is 26.2 Å². The third kappa shape index (κ3) is 2.13. The van der Waals surface area contributed by atoms with Crippen molar-refractivity contribution in [1.82, 2.24) is 29.6 Å². The Kier molecular flexibility index (Phi) is 3.13. The van der Waals surface area contributed by atoms with Crippen LogP contribution in [0, 0.1) is 6.92 Å². The number of hydrogen-bond donors (Lipinski definition) is 0. The van der Waals surface area contributed by atoms with Gasteiger partial charge < -0.3 is 9.80 Å². The van der Waals surface area contributed by atoms with Crippen LogP contribution in [-0.4, -0.2) is 67.6 Å². The van der Waals surface area contributed by atoms with Gasteiger partial charge in [-0.1, -0.05) is 11.3 Å². The molecule has 2 amide bonds. The third-order valence-electron chi connectivity index (χ3n) is 3.34. The van der Waals surface area contributed by atoms with E-state index in [1.165, 1.54) is 11.3 Å². The highest BCUT2D eigenvalue weighted by Crippen LogP contribution is 2.16. The largest absolute Gasteiger partial charge is 0.339 e. The predicted molar refractivity (Wildman–Crippen MR) is 71.6 cm³/mol. The molecule has 106 valence electrons. The van der Waals surface area contributed by atoms with Crippen LogP contribution in [0.5, 0.6) is 0 Å². The first kappa shape index (κ1) is 13.0. The summed E-state index contributed by atoms with van der Waals surface area (Å²) in [7, 11) is 0. The van der Waals surface area contributed by atoms with Crippen molar-refractivity contribution in [1.29, 1.82) is 0 Å². The first-order valence-corrected chi connectivity index (χ1v) is 7.11. The van der Waals surface area contributed by atoms with E-state index in [2.05, 4.69) is 15.3 Å². The molecule has 0 aromatic carbocycles. The molecule has 0 bridgehead atoms. The zero-order chi connectivity index (χ0) is 14.3. The Labute approximate surface area is 119 Å². The Balaban J connectivity index is 1.74. The van der Waals surface area contributed by atoms with Crippen LogP contribution in [0.2, 0.25) is 0 Å². The van der Waals surface area contributed by atoms with E-state index in [0.717, 1.165) is 0 Å². The number of fused-ring (bicyclic) bond motifs is 1. The molecule has 0 atom stereocenters. The Bertz CT molecular complexity index is 670. The summed E-state index contributed by atoms with van der Waals surface area (Å²) >= 11 is 1.23. The van der Waals surface area contributed by atoms with E-state index in [4.69, 9.17) is 0 Å². The number of amides is 2. The predicted octanol–water partition coefficient (Wildman–Crippen LogP) is -0.201. The molecule has 0 aliphatic carbocycles. The molecule has 8 nitrogen and oxygen atoms in total. The standard InChI is InChI=1S/C11H14N6O2S/c1-7-12-13-11-17(7)14-9(20-11)10(19)16-5-3-15(4-6-16)8(2)18/h3-6H2,1-2H3. The monoisotopic (exact) mass is 294 g/mol. The van der Waals surface area contributed by atoms with Crippen LogP contribution < -0.4 is 0 Å². The van der Waals surface area contributed by atoms with Crippen LogP contribution in [0.25, 0.3) is 4.96 Å². The van der Waals surface area contributed by atoms with Crippen molar-refractivity contribution in [2.45, 2.75) is 13.8 Å². The fraction of sp³-hybridized carbons (Fsp3) is 0.545. The number of carbonyl (C=O) groups is 2. The summed E-state index contributed by atoms with van der Waals surface area (Å²) in [6.07, 6.45) is 0. The van der Waals surface area contributed by atoms with E-state index >= 15 is 0 Å². The van der Waals surface area contributed by atoms with Gasteiger partial charge in [0.05, 0.1) is 0 Å². The number of hydrogen-bond acceptors (Lipinski definition) is 6. The zero-order valence-corrected chi connectivity index (χ0v) is 12.1. The van der Waals surface area contributed by atoms with E-state index in [1.54, 1.807) is 28.2 Å². The SMILES string of the molecule is CC(=O)N1CCN(C(=O)c2nn3c(C)nnc3s2)CC1. The molecule has 2 aromatic heterocycles. The van der Waals surface area contributed by atoms with Crippen molar-refractivity contribution < 1.29 is 9.59 Å². The topological polar surface area (TPSA) is 83.7 Å². The number of carbonyl (C=O) groups excluding carboxylic acids is 2. The fourth-order valence-corrected chi connectivity index (χ4v) is 3.01. The molecule has 0 N–H and O–H groups in total. The molecule has 0 unspecified atom stereocenters. The lowest BCUT2D eigenvalue weighted by Gasteiger charge is -2.33. The van der Waals surface area contributed by atoms with E-state index in [-0.39, 0.29) is 11.8 Å². The Morgan fingerprint density at radius 3 is 2.35 bits per heavy atom. The Morgan fingerprint density at radius 1 is 1.10 bits per heavy atom. The van der Waals surface area contributed by atoms with Gasteiger partial charge in [0.1, 0.15) is 0 Å². The van der Waals surface area contributed by atoms with E-state index in [1.807, 2.05) is 0 Å². The molecule has 20 heavy (non-hydrogen) atoms. The van der Waals surface area contributed by atoms with Crippen LogP contribution in [0.4, 0.5) is 0 Å². The van der Waals surface area contributed by atoms with E-state index in [9.17, 15) is 9.59 Å². The summed E-state index contributed by atoms with van der Waals surface area (Å²) < 4.78 is 1.57. The van der Waals surface area contributed by atoms with Gasteiger partial charge in [0.25, 0.3) is 5.91 Å². The molecule has 2 aromatic rings. The van der Waals surface area contributed by atoms with Crippen LogP contribution in [0.1, 0.15) is 22.6 Å². The number of aromatic nitrogens is 4. The number of aryl methyl sites for hydroxylation is 1. The molecular weight excluding hydrogens is 280 g/mol. The van der Waals surface area contributed by atoms with Gasteiger partial charge in [-0.05, 0) is 6.92 Å². The van der Waals surface area contributed by atoms with Crippen LogP contribution >= 0.6 is 11.3 Å². The highest BCUT2D eigenvalue weighted by atomic mass is 32.1. The van der Waals surface area contributed by atoms with Gasteiger partial charge in [-0.3, -0.25) is 9.59 Å². The molecule has 9 heteroatoms. The minimum absolute atomic E-state index is 0.0477. The lowest BCUT2D eigenvalue weighted by atomic mass is 10.3. The molecule has 1 fully saturated rings. The highest BCUT2D eigenvalue weighted by Gasteiger charge is 2.26. The van der Waals surface area contributed by atoms with Crippen molar-refractivity contribution in [3.05, 3.63) is 10.8 Å². The number of piperazine rings is 1. The number of nitrogens with zero attached hydrogens (tertiary/aromatic N) is 6. The average Bonchev–Trinajstić information content (AvgIpc) is 3.01. The second kappa shape index (κ2) is 4.82. The van der Waals surface area contributed by atoms with Crippen molar-refractivity contribution in [3.8, 4) is 0 Å². The van der Waals surface area contributed by atoms with Gasteiger partial charge in [0, 0.05) is 33.1 Å². The number of rotatable bonds is 1. The summed E-state index contributed by atoms with van der Waals surface area (Å²) in [5, 5.41) is 12.5. The van der Waals surface area contributed by atoms with E-state index in [0.29, 0.717) is 42.0 Å². The van der Waals surface area contributed by atoms with Gasteiger partial charge in [-0.25, -0.2) is 0 Å². The maximum Gasteiger partial charge on any atom is 0.284 e. The van der Waals surface area contributed by atoms with Crippen LogP contribution in [0.15, 0.2) is 0 Å². The molecular formula is C11H14N6O2S. The molecule has 0 radical (unpaired) electrons. The fourth-order valence-electron chi connectivity index (χ4n) is 2.16. The molecule has 1 saturated heterocycles. The minimum atomic E-state index is -0.108. The summed E-state index contributed by atoms with van der Waals surface area (Å²) in [6, 6.07) is 0. The molecule has 3 rings (SSSR count). The summed E-state index contributed by atoms with van der Waals surface area (Å²) in [6.45, 7) is 5.56.